The van der Waals surface area contributed by atoms with E-state index in [2.05, 4.69) is 0 Å². The summed E-state index contributed by atoms with van der Waals surface area (Å²) in [6.07, 6.45) is -52.8. The Hall–Kier alpha value is -1.65. The lowest BCUT2D eigenvalue weighted by Crippen LogP contribution is -2.68. The number of aliphatic carboxylic acids is 1. The minimum atomic E-state index is -2.20. The summed E-state index contributed by atoms with van der Waals surface area (Å²) in [5.74, 6) is -1.74. The van der Waals surface area contributed by atoms with Crippen LogP contribution in [0, 0.1) is 0 Å². The number of hydrogen-bond acceptors (Lipinski definition) is 29. The summed E-state index contributed by atoms with van der Waals surface area (Å²) >= 11 is 0. The van der Waals surface area contributed by atoms with Crippen LogP contribution in [0.2, 0.25) is 0 Å². The van der Waals surface area contributed by atoms with Crippen molar-refractivity contribution in [2.75, 3.05) is 26.4 Å². The van der Waals surface area contributed by atoms with Gasteiger partial charge in [-0.1, -0.05) is 0 Å². The van der Waals surface area contributed by atoms with Crippen molar-refractivity contribution in [3.05, 3.63) is 0 Å². The molecular formula is C41H71NO29. The number of unbranched alkanes of at least 4 members (excludes halogenated alkanes) is 2. The van der Waals surface area contributed by atoms with Gasteiger partial charge in [-0.05, 0) is 46.6 Å². The molecule has 0 aromatic heterocycles. The van der Waals surface area contributed by atoms with E-state index in [1.165, 1.54) is 20.8 Å². The fourth-order valence-electron chi connectivity index (χ4n) is 8.94. The van der Waals surface area contributed by atoms with Gasteiger partial charge in [0, 0.05) is 6.61 Å². The normalized spacial score (nSPS) is 51.0. The van der Waals surface area contributed by atoms with Crippen LogP contribution < -0.4 is 5.73 Å². The van der Waals surface area contributed by atoms with E-state index in [9.17, 15) is 86.5 Å². The Labute approximate surface area is 405 Å². The number of rotatable bonds is 19. The number of hydrogen-bond donors (Lipinski definition) is 17. The molecule has 0 radical (unpaired) electrons. The van der Waals surface area contributed by atoms with Crippen LogP contribution in [0.15, 0.2) is 0 Å². The van der Waals surface area contributed by atoms with Gasteiger partial charge in [0.05, 0.1) is 31.5 Å². The summed E-state index contributed by atoms with van der Waals surface area (Å²) in [5, 5.41) is 172. The van der Waals surface area contributed by atoms with Crippen LogP contribution in [0.1, 0.15) is 40.0 Å². The molecule has 0 aromatic rings. The van der Waals surface area contributed by atoms with Crippen LogP contribution in [0.3, 0.4) is 0 Å². The third-order valence-corrected chi connectivity index (χ3v) is 13.4. The van der Waals surface area contributed by atoms with Crippen LogP contribution >= 0.6 is 0 Å². The Morgan fingerprint density at radius 1 is 0.423 bits per heavy atom. The minimum absolute atomic E-state index is 0.0985. The van der Waals surface area contributed by atoms with Crippen molar-refractivity contribution in [3.8, 4) is 0 Å². The van der Waals surface area contributed by atoms with Crippen molar-refractivity contribution in [2.24, 2.45) is 5.73 Å². The van der Waals surface area contributed by atoms with E-state index >= 15 is 0 Å². The molecule has 6 rings (SSSR count). The average molecular weight is 1040 g/mol. The Balaban J connectivity index is 1.27. The molecule has 0 saturated carbocycles. The third kappa shape index (κ3) is 13.0. The molecule has 30 heteroatoms. The van der Waals surface area contributed by atoms with Crippen molar-refractivity contribution < 1.29 is 143 Å². The van der Waals surface area contributed by atoms with Crippen molar-refractivity contribution in [3.63, 3.8) is 0 Å². The van der Waals surface area contributed by atoms with Crippen molar-refractivity contribution >= 4 is 5.97 Å². The van der Waals surface area contributed by atoms with Gasteiger partial charge in [0.15, 0.2) is 43.8 Å². The van der Waals surface area contributed by atoms with Gasteiger partial charge < -0.3 is 144 Å². The van der Waals surface area contributed by atoms with Crippen LogP contribution in [-0.4, -0.2) is 298 Å². The van der Waals surface area contributed by atoms with Crippen molar-refractivity contribution in [2.45, 2.75) is 224 Å². The fourth-order valence-corrected chi connectivity index (χ4v) is 8.94. The van der Waals surface area contributed by atoms with Gasteiger partial charge in [-0.2, -0.15) is 0 Å². The number of carboxylic acids is 1. The molecule has 0 aromatic carbocycles. The highest BCUT2D eigenvalue weighted by Crippen LogP contribution is 2.37. The van der Waals surface area contributed by atoms with E-state index in [1.54, 1.807) is 0 Å². The van der Waals surface area contributed by atoms with Gasteiger partial charge in [0.25, 0.3) is 0 Å². The molecule has 18 N–H and O–H groups in total. The molecule has 12 unspecified atom stereocenters. The van der Waals surface area contributed by atoms with Crippen LogP contribution in [0.5, 0.6) is 0 Å². The molecule has 71 heavy (non-hydrogen) atoms. The monoisotopic (exact) mass is 1040 g/mol. The molecule has 0 aliphatic carbocycles. The Morgan fingerprint density at radius 2 is 0.887 bits per heavy atom. The summed E-state index contributed by atoms with van der Waals surface area (Å²) in [4.78, 5) is 11.7. The smallest absolute Gasteiger partial charge is 0.335 e. The first-order valence-corrected chi connectivity index (χ1v) is 23.4. The van der Waals surface area contributed by atoms with Crippen LogP contribution in [0.25, 0.3) is 0 Å². The molecule has 6 saturated heterocycles. The molecule has 6 aliphatic rings. The second kappa shape index (κ2) is 25.5. The van der Waals surface area contributed by atoms with Gasteiger partial charge >= 0.3 is 5.97 Å². The topological polar surface area (TPSA) is 478 Å². The summed E-state index contributed by atoms with van der Waals surface area (Å²) < 4.78 is 69.3. The standard InChI is InChI=1S/C41H71NO29/c1-11-16(44)20(48)26(54)38(63-11)67-30-14(9-43)65-40(28(56)24(30)52)69-32-18(46)13(3)64-41(68-31-17(45)12(2)62-37(29(31)57)60-8-6-4-5-7-42)34(32)71-39-27(55)21(49)19(47)15(66-39)10-61-36-25(53)22(50)23(51)33(70-36)35(58)59/h11-34,36-41,43-57H,4-10,42H2,1-3H3,(H,58,59)/t11?,12?,13?,14?,15?,16-,17-,18-,19+,20-,21-,22-,23-,24+,25?,26?,27?,28?,29?,30+,31-,32-,33?,34?,36-,37+,38+,39+,40-,41-/m0/s1. The predicted octanol–water partition coefficient (Wildman–Crippen LogP) is -9.77. The number of ether oxygens (including phenoxy) is 12. The summed E-state index contributed by atoms with van der Waals surface area (Å²) in [6, 6.07) is 0. The Bertz CT molecular complexity index is 1640. The molecule has 30 nitrogen and oxygen atoms in total. The summed E-state index contributed by atoms with van der Waals surface area (Å²) in [7, 11) is 0. The lowest BCUT2D eigenvalue weighted by molar-refractivity contribution is -0.408. The van der Waals surface area contributed by atoms with E-state index in [0.29, 0.717) is 25.8 Å². The van der Waals surface area contributed by atoms with Crippen molar-refractivity contribution in [1.82, 2.24) is 0 Å². The first-order chi connectivity index (χ1) is 33.5. The third-order valence-electron chi connectivity index (χ3n) is 13.4. The largest absolute Gasteiger partial charge is 0.479 e. The summed E-state index contributed by atoms with van der Waals surface area (Å²) in [5.41, 5.74) is 5.58. The van der Waals surface area contributed by atoms with E-state index < -0.39 is 203 Å². The highest BCUT2D eigenvalue weighted by atomic mass is 16.8. The lowest BCUT2D eigenvalue weighted by Gasteiger charge is -2.51. The average Bonchev–Trinajstić information content (AvgIpc) is 3.33. The molecule has 0 bridgehead atoms. The first kappa shape index (κ1) is 58.6. The zero-order chi connectivity index (χ0) is 52.3. The molecular weight excluding hydrogens is 970 g/mol. The Morgan fingerprint density at radius 3 is 1.51 bits per heavy atom. The van der Waals surface area contributed by atoms with Gasteiger partial charge in [-0.3, -0.25) is 0 Å². The van der Waals surface area contributed by atoms with Crippen LogP contribution in [-0.2, 0) is 61.6 Å². The zero-order valence-corrected chi connectivity index (χ0v) is 38.8. The first-order valence-electron chi connectivity index (χ1n) is 23.4. The van der Waals surface area contributed by atoms with Crippen molar-refractivity contribution in [1.29, 1.82) is 0 Å². The maximum absolute atomic E-state index is 11.7. The number of nitrogens with two attached hydrogens (primary N) is 1. The highest BCUT2D eigenvalue weighted by molar-refractivity contribution is 5.73. The Kier molecular flexibility index (Phi) is 21.0. The van der Waals surface area contributed by atoms with E-state index in [-0.39, 0.29) is 6.61 Å². The SMILES string of the molecule is CC1O[C@H](O[C@@H]2C(CO)O[C@@H](O[C@@H]3C(O[C@H]4OC(CO[C@H]5OC(C(=O)O)[C@@H](O)[C@H](O)C5O)[C@@H](O)[C@H](O)C4O)[C@H](O[C@@H]4C(O)[C@H](OCCCCCN)OC(C)[C@@H]4O)OC(C)[C@@H]3O)C(O)[C@H]2O)C(O)[C@@H](O)[C@H]1O. The molecule has 6 aliphatic heterocycles. The summed E-state index contributed by atoms with van der Waals surface area (Å²) in [6.45, 7) is 2.80. The molecule has 414 valence electrons. The predicted molar refractivity (Wildman–Crippen MR) is 222 cm³/mol. The quantitative estimate of drug-likeness (QED) is 0.0534. The molecule has 6 heterocycles. The number of carboxylic acid groups (broad SMARTS) is 1. The number of carbonyl (C=O) groups is 1. The number of aliphatic hydroxyl groups excluding tert-OH is 15. The van der Waals surface area contributed by atoms with E-state index in [4.69, 9.17) is 62.6 Å². The second-order valence-electron chi connectivity index (χ2n) is 18.5. The fraction of sp³-hybridized carbons (Fsp3) is 0.976. The van der Waals surface area contributed by atoms with Gasteiger partial charge in [0.1, 0.15) is 122 Å². The molecule has 30 atom stereocenters. The zero-order valence-electron chi connectivity index (χ0n) is 38.8. The maximum Gasteiger partial charge on any atom is 0.335 e. The van der Waals surface area contributed by atoms with Gasteiger partial charge in [-0.15, -0.1) is 0 Å². The second-order valence-corrected chi connectivity index (χ2v) is 18.5. The minimum Gasteiger partial charge on any atom is -0.479 e. The van der Waals surface area contributed by atoms with E-state index in [1.807, 2.05) is 0 Å². The number of aliphatic hydroxyl groups is 15. The highest BCUT2D eigenvalue weighted by Gasteiger charge is 2.57. The van der Waals surface area contributed by atoms with Crippen LogP contribution in [0.4, 0.5) is 0 Å². The van der Waals surface area contributed by atoms with E-state index in [0.717, 1.165) is 0 Å². The lowest BCUT2D eigenvalue weighted by atomic mass is 9.95. The molecule has 0 amide bonds. The van der Waals surface area contributed by atoms with Gasteiger partial charge in [0.2, 0.25) is 0 Å². The van der Waals surface area contributed by atoms with Gasteiger partial charge in [-0.25, -0.2) is 4.79 Å². The molecule has 0 spiro atoms. The molecule has 6 fully saturated rings. The maximum atomic E-state index is 11.7.